The van der Waals surface area contributed by atoms with E-state index in [4.69, 9.17) is 9.47 Å². The van der Waals surface area contributed by atoms with Gasteiger partial charge in [0.2, 0.25) is 0 Å². The van der Waals surface area contributed by atoms with Crippen molar-refractivity contribution in [3.8, 4) is 0 Å². The molecule has 0 amide bonds. The average Bonchev–Trinajstić information content (AvgIpc) is 2.89. The van der Waals surface area contributed by atoms with E-state index in [0.29, 0.717) is 0 Å². The molecule has 0 atom stereocenters. The highest BCUT2D eigenvalue weighted by atomic mass is 16.7. The summed E-state index contributed by atoms with van der Waals surface area (Å²) in [5, 5.41) is 0. The normalized spacial score (nSPS) is 27.8. The Morgan fingerprint density at radius 1 is 0.950 bits per heavy atom. The predicted molar refractivity (Wildman–Crippen MR) is 77.6 cm³/mol. The summed E-state index contributed by atoms with van der Waals surface area (Å²) in [6, 6.07) is 11.7. The zero-order valence-electron chi connectivity index (χ0n) is 12.0. The molecule has 0 radical (unpaired) electrons. The van der Waals surface area contributed by atoms with Crippen molar-refractivity contribution in [1.29, 1.82) is 0 Å². The fraction of sp³-hybridized carbons (Fsp3) is 0.647. The quantitative estimate of drug-likeness (QED) is 0.827. The van der Waals surface area contributed by atoms with Gasteiger partial charge >= 0.3 is 0 Å². The van der Waals surface area contributed by atoms with Crippen LogP contribution in [-0.4, -0.2) is 43.0 Å². The zero-order chi connectivity index (χ0) is 13.4. The van der Waals surface area contributed by atoms with E-state index in [0.717, 1.165) is 38.0 Å². The summed E-state index contributed by atoms with van der Waals surface area (Å²) < 4.78 is 11.6. The third kappa shape index (κ3) is 2.28. The first-order valence-electron chi connectivity index (χ1n) is 7.92. The largest absolute Gasteiger partial charge is 0.348 e. The van der Waals surface area contributed by atoms with Gasteiger partial charge in [-0.2, -0.15) is 0 Å². The summed E-state index contributed by atoms with van der Waals surface area (Å²) in [5.74, 6) is 0.534. The van der Waals surface area contributed by atoms with Gasteiger partial charge in [-0.25, -0.2) is 0 Å². The summed E-state index contributed by atoms with van der Waals surface area (Å²) in [6.07, 6.45) is 4.59. The number of hydrogen-bond donors (Lipinski definition) is 0. The van der Waals surface area contributed by atoms with Gasteiger partial charge in [-0.05, 0) is 18.4 Å². The first kappa shape index (κ1) is 12.8. The fourth-order valence-electron chi connectivity index (χ4n) is 3.94. The first-order chi connectivity index (χ1) is 9.85. The molecule has 3 aliphatic rings. The number of nitrogens with zero attached hydrogens (tertiary/aromatic N) is 1. The topological polar surface area (TPSA) is 21.7 Å². The summed E-state index contributed by atoms with van der Waals surface area (Å²) in [4.78, 5) is 2.65. The summed E-state index contributed by atoms with van der Waals surface area (Å²) >= 11 is 0. The van der Waals surface area contributed by atoms with E-state index >= 15 is 0 Å². The van der Waals surface area contributed by atoms with Gasteiger partial charge in [0.15, 0.2) is 5.79 Å². The molecular weight excluding hydrogens is 250 g/mol. The van der Waals surface area contributed by atoms with Gasteiger partial charge in [-0.1, -0.05) is 30.3 Å². The number of ether oxygens (including phenoxy) is 2. The van der Waals surface area contributed by atoms with Crippen molar-refractivity contribution in [2.24, 2.45) is 0 Å². The standard InChI is InChI=1S/C17H23NO2/c1-2-4-14(5-3-1)15-12-18(13-15)16-6-8-17(9-7-16)19-10-11-20-17/h1-5,15-16H,6-13H2. The smallest absolute Gasteiger partial charge is 0.168 e. The van der Waals surface area contributed by atoms with Crippen molar-refractivity contribution in [2.45, 2.75) is 43.4 Å². The maximum atomic E-state index is 5.81. The van der Waals surface area contributed by atoms with Crippen LogP contribution in [0, 0.1) is 0 Å². The maximum Gasteiger partial charge on any atom is 0.168 e. The second-order valence-electron chi connectivity index (χ2n) is 6.40. The van der Waals surface area contributed by atoms with Gasteiger partial charge in [0.1, 0.15) is 0 Å². The van der Waals surface area contributed by atoms with Crippen LogP contribution in [0.4, 0.5) is 0 Å². The molecule has 0 bridgehead atoms. The van der Waals surface area contributed by atoms with Crippen molar-refractivity contribution in [3.63, 3.8) is 0 Å². The van der Waals surface area contributed by atoms with Crippen molar-refractivity contribution >= 4 is 0 Å². The molecule has 2 heterocycles. The Balaban J connectivity index is 1.30. The Bertz CT molecular complexity index is 439. The van der Waals surface area contributed by atoms with Gasteiger partial charge < -0.3 is 9.47 Å². The van der Waals surface area contributed by atoms with Gasteiger partial charge in [0, 0.05) is 37.9 Å². The van der Waals surface area contributed by atoms with E-state index in [-0.39, 0.29) is 5.79 Å². The number of likely N-dealkylation sites (tertiary alicyclic amines) is 1. The SMILES string of the molecule is c1ccc(C2CN(C3CCC4(CC3)OCCO4)C2)cc1. The molecule has 4 rings (SSSR count). The monoisotopic (exact) mass is 273 g/mol. The molecule has 0 aromatic heterocycles. The van der Waals surface area contributed by atoms with Crippen LogP contribution in [0.3, 0.4) is 0 Å². The summed E-state index contributed by atoms with van der Waals surface area (Å²) in [5.41, 5.74) is 1.50. The highest BCUT2D eigenvalue weighted by Gasteiger charge is 2.43. The molecule has 108 valence electrons. The predicted octanol–water partition coefficient (Wildman–Crippen LogP) is 2.77. The summed E-state index contributed by atoms with van der Waals surface area (Å²) in [7, 11) is 0. The van der Waals surface area contributed by atoms with E-state index < -0.39 is 0 Å². The van der Waals surface area contributed by atoms with Gasteiger partial charge in [-0.3, -0.25) is 4.90 Å². The minimum Gasteiger partial charge on any atom is -0.348 e. The molecule has 3 nitrogen and oxygen atoms in total. The van der Waals surface area contributed by atoms with Crippen molar-refractivity contribution in [2.75, 3.05) is 26.3 Å². The van der Waals surface area contributed by atoms with Crippen LogP contribution in [0.25, 0.3) is 0 Å². The number of hydrogen-bond acceptors (Lipinski definition) is 3. The van der Waals surface area contributed by atoms with Crippen LogP contribution in [0.1, 0.15) is 37.2 Å². The van der Waals surface area contributed by atoms with E-state index in [1.807, 2.05) is 0 Å². The minimum absolute atomic E-state index is 0.208. The highest BCUT2D eigenvalue weighted by molar-refractivity contribution is 5.23. The van der Waals surface area contributed by atoms with E-state index in [1.54, 1.807) is 0 Å². The lowest BCUT2D eigenvalue weighted by Gasteiger charge is -2.48. The second kappa shape index (κ2) is 5.14. The van der Waals surface area contributed by atoms with Crippen LogP contribution < -0.4 is 0 Å². The van der Waals surface area contributed by atoms with Crippen LogP contribution in [0.5, 0.6) is 0 Å². The Morgan fingerprint density at radius 3 is 2.25 bits per heavy atom. The van der Waals surface area contributed by atoms with Gasteiger partial charge in [0.25, 0.3) is 0 Å². The minimum atomic E-state index is -0.208. The molecular formula is C17H23NO2. The molecule has 2 aliphatic heterocycles. The van der Waals surface area contributed by atoms with E-state index in [9.17, 15) is 0 Å². The molecule has 20 heavy (non-hydrogen) atoms. The molecule has 0 N–H and O–H groups in total. The van der Waals surface area contributed by atoms with Crippen molar-refractivity contribution < 1.29 is 9.47 Å². The lowest BCUT2D eigenvalue weighted by molar-refractivity contribution is -0.186. The molecule has 3 fully saturated rings. The van der Waals surface area contributed by atoms with E-state index in [2.05, 4.69) is 35.2 Å². The Labute approximate surface area is 120 Å². The molecule has 3 heteroatoms. The number of benzene rings is 1. The molecule has 1 aromatic carbocycles. The molecule has 1 saturated carbocycles. The molecule has 0 unspecified atom stereocenters. The lowest BCUT2D eigenvalue weighted by Crippen LogP contribution is -2.53. The molecule has 2 saturated heterocycles. The van der Waals surface area contributed by atoms with Gasteiger partial charge in [0.05, 0.1) is 13.2 Å². The average molecular weight is 273 g/mol. The van der Waals surface area contributed by atoms with E-state index in [1.165, 1.54) is 31.5 Å². The molecule has 1 spiro atoms. The Kier molecular flexibility index (Phi) is 3.29. The maximum absolute atomic E-state index is 5.81. The van der Waals surface area contributed by atoms with Crippen molar-refractivity contribution in [3.05, 3.63) is 35.9 Å². The number of rotatable bonds is 2. The Hall–Kier alpha value is -0.900. The summed E-state index contributed by atoms with van der Waals surface area (Å²) in [6.45, 7) is 4.02. The van der Waals surface area contributed by atoms with Crippen molar-refractivity contribution in [1.82, 2.24) is 4.90 Å². The van der Waals surface area contributed by atoms with Crippen LogP contribution in [0.15, 0.2) is 30.3 Å². The van der Waals surface area contributed by atoms with Crippen LogP contribution in [-0.2, 0) is 9.47 Å². The third-order valence-electron chi connectivity index (χ3n) is 5.23. The van der Waals surface area contributed by atoms with Crippen LogP contribution >= 0.6 is 0 Å². The second-order valence-corrected chi connectivity index (χ2v) is 6.40. The lowest BCUT2D eigenvalue weighted by atomic mass is 9.84. The highest BCUT2D eigenvalue weighted by Crippen LogP contribution is 2.40. The third-order valence-corrected chi connectivity index (χ3v) is 5.23. The fourth-order valence-corrected chi connectivity index (χ4v) is 3.94. The zero-order valence-corrected chi connectivity index (χ0v) is 12.0. The Morgan fingerprint density at radius 2 is 1.60 bits per heavy atom. The molecule has 1 aliphatic carbocycles. The van der Waals surface area contributed by atoms with Gasteiger partial charge in [-0.15, -0.1) is 0 Å². The molecule has 1 aromatic rings. The first-order valence-corrected chi connectivity index (χ1v) is 7.92. The van der Waals surface area contributed by atoms with Crippen LogP contribution in [0.2, 0.25) is 0 Å².